The number of para-hydroxylation sites is 1. The van der Waals surface area contributed by atoms with Crippen LogP contribution >= 0.6 is 12.4 Å². The summed E-state index contributed by atoms with van der Waals surface area (Å²) in [4.78, 5) is 0. The van der Waals surface area contributed by atoms with Gasteiger partial charge < -0.3 is 15.4 Å². The zero-order valence-corrected chi connectivity index (χ0v) is 9.97. The number of benzene rings is 1. The largest absolute Gasteiger partial charge is 0.434 e. The molecule has 0 aromatic heterocycles. The Morgan fingerprint density at radius 3 is 2.65 bits per heavy atom. The van der Waals surface area contributed by atoms with Crippen molar-refractivity contribution in [3.05, 3.63) is 29.8 Å². The Bertz CT molecular complexity index is 346. The van der Waals surface area contributed by atoms with Crippen LogP contribution in [0.5, 0.6) is 5.75 Å². The van der Waals surface area contributed by atoms with Crippen LogP contribution in [0.25, 0.3) is 0 Å². The van der Waals surface area contributed by atoms with Gasteiger partial charge in [-0.1, -0.05) is 18.2 Å². The molecule has 1 saturated heterocycles. The van der Waals surface area contributed by atoms with E-state index in [0.29, 0.717) is 0 Å². The fourth-order valence-corrected chi connectivity index (χ4v) is 1.84. The van der Waals surface area contributed by atoms with Gasteiger partial charge in [0.25, 0.3) is 0 Å². The molecule has 0 bridgehead atoms. The Hall–Kier alpha value is -0.910. The number of ether oxygens (including phenoxy) is 1. The van der Waals surface area contributed by atoms with E-state index in [1.165, 1.54) is 0 Å². The minimum absolute atomic E-state index is 0. The van der Waals surface area contributed by atoms with Gasteiger partial charge in [-0.15, -0.1) is 12.4 Å². The van der Waals surface area contributed by atoms with E-state index in [-0.39, 0.29) is 24.2 Å². The Morgan fingerprint density at radius 1 is 1.24 bits per heavy atom. The van der Waals surface area contributed by atoms with E-state index in [4.69, 9.17) is 0 Å². The maximum absolute atomic E-state index is 12.2. The molecule has 2 N–H and O–H groups in total. The van der Waals surface area contributed by atoms with E-state index < -0.39 is 6.61 Å². The number of halogens is 3. The number of nitrogens with one attached hydrogen (secondary N) is 2. The third kappa shape index (κ3) is 3.80. The van der Waals surface area contributed by atoms with E-state index in [0.717, 1.165) is 25.2 Å². The highest BCUT2D eigenvalue weighted by Crippen LogP contribution is 2.26. The summed E-state index contributed by atoms with van der Waals surface area (Å²) in [6.07, 6.45) is 0. The van der Waals surface area contributed by atoms with Gasteiger partial charge >= 0.3 is 6.61 Å². The fourth-order valence-electron chi connectivity index (χ4n) is 1.84. The van der Waals surface area contributed by atoms with Gasteiger partial charge in [0, 0.05) is 31.2 Å². The van der Waals surface area contributed by atoms with Crippen molar-refractivity contribution in [2.45, 2.75) is 12.7 Å². The summed E-state index contributed by atoms with van der Waals surface area (Å²) < 4.78 is 28.9. The van der Waals surface area contributed by atoms with Crippen LogP contribution in [-0.4, -0.2) is 26.2 Å². The zero-order valence-electron chi connectivity index (χ0n) is 9.16. The molecule has 1 aromatic carbocycles. The topological polar surface area (TPSA) is 33.3 Å². The van der Waals surface area contributed by atoms with Gasteiger partial charge in [-0.2, -0.15) is 8.78 Å². The molecule has 0 unspecified atom stereocenters. The molecule has 0 radical (unpaired) electrons. The van der Waals surface area contributed by atoms with Crippen molar-refractivity contribution in [3.8, 4) is 5.75 Å². The van der Waals surface area contributed by atoms with Crippen LogP contribution in [-0.2, 0) is 0 Å². The molecule has 0 saturated carbocycles. The van der Waals surface area contributed by atoms with E-state index in [1.54, 1.807) is 12.1 Å². The molecular formula is C11H15ClF2N2O. The van der Waals surface area contributed by atoms with E-state index in [1.807, 2.05) is 12.1 Å². The van der Waals surface area contributed by atoms with E-state index in [9.17, 15) is 8.78 Å². The van der Waals surface area contributed by atoms with Crippen LogP contribution in [0, 0.1) is 0 Å². The molecular weight excluding hydrogens is 250 g/mol. The molecule has 0 amide bonds. The second kappa shape index (κ2) is 6.74. The quantitative estimate of drug-likeness (QED) is 0.875. The Kier molecular flexibility index (Phi) is 5.61. The first-order chi connectivity index (χ1) is 7.77. The van der Waals surface area contributed by atoms with Crippen molar-refractivity contribution >= 4 is 12.4 Å². The molecule has 1 aliphatic heterocycles. The maximum Gasteiger partial charge on any atom is 0.387 e. The molecule has 17 heavy (non-hydrogen) atoms. The van der Waals surface area contributed by atoms with Crippen LogP contribution in [0.4, 0.5) is 8.78 Å². The van der Waals surface area contributed by atoms with Crippen molar-refractivity contribution in [1.82, 2.24) is 10.6 Å². The number of rotatable bonds is 3. The van der Waals surface area contributed by atoms with E-state index in [2.05, 4.69) is 15.4 Å². The summed E-state index contributed by atoms with van der Waals surface area (Å²) in [6, 6.07) is 6.92. The highest BCUT2D eigenvalue weighted by Gasteiger charge is 2.19. The molecule has 3 nitrogen and oxygen atoms in total. The number of hydrogen-bond acceptors (Lipinski definition) is 3. The SMILES string of the molecule is Cl.FC(F)Oc1ccccc1[C@H]1CNCCN1. The standard InChI is InChI=1S/C11H14F2N2O.ClH/c12-11(13)16-10-4-2-1-3-8(10)9-7-14-5-6-15-9;/h1-4,9,11,14-15H,5-7H2;1H/t9-;/m1./s1. The van der Waals surface area contributed by atoms with Crippen molar-refractivity contribution in [2.75, 3.05) is 19.6 Å². The average Bonchev–Trinajstić information content (AvgIpc) is 2.30. The number of piperazine rings is 1. The first-order valence-electron chi connectivity index (χ1n) is 5.25. The zero-order chi connectivity index (χ0) is 11.4. The molecule has 2 rings (SSSR count). The summed E-state index contributed by atoms with van der Waals surface area (Å²) in [5.41, 5.74) is 0.773. The van der Waals surface area contributed by atoms with Gasteiger partial charge in [0.2, 0.25) is 0 Å². The lowest BCUT2D eigenvalue weighted by atomic mass is 10.0. The monoisotopic (exact) mass is 264 g/mol. The molecule has 1 atom stereocenters. The van der Waals surface area contributed by atoms with Crippen molar-refractivity contribution in [2.24, 2.45) is 0 Å². The van der Waals surface area contributed by atoms with Crippen LogP contribution in [0.3, 0.4) is 0 Å². The van der Waals surface area contributed by atoms with Gasteiger partial charge in [-0.3, -0.25) is 0 Å². The lowest BCUT2D eigenvalue weighted by Crippen LogP contribution is -2.42. The fraction of sp³-hybridized carbons (Fsp3) is 0.455. The summed E-state index contributed by atoms with van der Waals surface area (Å²) >= 11 is 0. The molecule has 96 valence electrons. The van der Waals surface area contributed by atoms with Crippen LogP contribution < -0.4 is 15.4 Å². The predicted molar refractivity (Wildman–Crippen MR) is 63.9 cm³/mol. The molecule has 1 aliphatic rings. The van der Waals surface area contributed by atoms with Gasteiger partial charge in [-0.05, 0) is 6.07 Å². The Morgan fingerprint density at radius 2 is 2.00 bits per heavy atom. The second-order valence-corrected chi connectivity index (χ2v) is 3.63. The molecule has 1 fully saturated rings. The van der Waals surface area contributed by atoms with Crippen LogP contribution in [0.1, 0.15) is 11.6 Å². The van der Waals surface area contributed by atoms with Gasteiger partial charge in [-0.25, -0.2) is 0 Å². The first kappa shape index (κ1) is 14.2. The molecule has 1 heterocycles. The highest BCUT2D eigenvalue weighted by molar-refractivity contribution is 5.85. The third-order valence-corrected chi connectivity index (χ3v) is 2.55. The summed E-state index contributed by atoms with van der Waals surface area (Å²) in [7, 11) is 0. The number of hydrogen-bond donors (Lipinski definition) is 2. The minimum Gasteiger partial charge on any atom is -0.434 e. The van der Waals surface area contributed by atoms with Gasteiger partial charge in [0.15, 0.2) is 0 Å². The Labute approximate surface area is 105 Å². The molecule has 1 aromatic rings. The first-order valence-corrected chi connectivity index (χ1v) is 5.25. The second-order valence-electron chi connectivity index (χ2n) is 3.63. The lowest BCUT2D eigenvalue weighted by molar-refractivity contribution is -0.0507. The summed E-state index contributed by atoms with van der Waals surface area (Å²) in [6.45, 7) is -0.330. The van der Waals surface area contributed by atoms with Crippen molar-refractivity contribution in [3.63, 3.8) is 0 Å². The highest BCUT2D eigenvalue weighted by atomic mass is 35.5. The lowest BCUT2D eigenvalue weighted by Gasteiger charge is -2.26. The summed E-state index contributed by atoms with van der Waals surface area (Å²) in [5.74, 6) is 0.249. The average molecular weight is 265 g/mol. The third-order valence-electron chi connectivity index (χ3n) is 2.55. The van der Waals surface area contributed by atoms with Gasteiger partial charge in [0.1, 0.15) is 5.75 Å². The minimum atomic E-state index is -2.78. The normalized spacial score (nSPS) is 19.8. The van der Waals surface area contributed by atoms with Crippen LogP contribution in [0.15, 0.2) is 24.3 Å². The smallest absolute Gasteiger partial charge is 0.387 e. The number of alkyl halides is 2. The predicted octanol–water partition coefficient (Wildman–Crippen LogP) is 1.94. The molecule has 0 aliphatic carbocycles. The summed E-state index contributed by atoms with van der Waals surface area (Å²) in [5, 5.41) is 6.47. The molecule has 6 heteroatoms. The van der Waals surface area contributed by atoms with Crippen molar-refractivity contribution < 1.29 is 13.5 Å². The molecule has 0 spiro atoms. The Balaban J connectivity index is 0.00000144. The van der Waals surface area contributed by atoms with Crippen LogP contribution in [0.2, 0.25) is 0 Å². The maximum atomic E-state index is 12.2. The van der Waals surface area contributed by atoms with Gasteiger partial charge in [0.05, 0.1) is 0 Å². The van der Waals surface area contributed by atoms with Crippen molar-refractivity contribution in [1.29, 1.82) is 0 Å². The van der Waals surface area contributed by atoms with E-state index >= 15 is 0 Å².